The molecule has 26 heavy (non-hydrogen) atoms. The van der Waals surface area contributed by atoms with Crippen LogP contribution in [0.5, 0.6) is 0 Å². The molecule has 0 aliphatic carbocycles. The SMILES string of the molecule is CCOC(=O)c1n[nH]nc1-c1ccc2ccn(Cc3ccccc3)c2c1. The molecule has 0 saturated carbocycles. The molecule has 0 atom stereocenters. The fourth-order valence-corrected chi connectivity index (χ4v) is 3.02. The smallest absolute Gasteiger partial charge is 0.361 e. The van der Waals surface area contributed by atoms with Crippen molar-refractivity contribution in [1.29, 1.82) is 0 Å². The molecule has 6 heteroatoms. The highest BCUT2D eigenvalue weighted by Gasteiger charge is 2.19. The Hall–Kier alpha value is -3.41. The van der Waals surface area contributed by atoms with E-state index in [9.17, 15) is 4.79 Å². The van der Waals surface area contributed by atoms with E-state index >= 15 is 0 Å². The zero-order valence-corrected chi connectivity index (χ0v) is 14.3. The molecule has 0 fully saturated rings. The first-order valence-electron chi connectivity index (χ1n) is 8.47. The Balaban J connectivity index is 1.73. The number of hydrogen-bond acceptors (Lipinski definition) is 4. The number of aromatic amines is 1. The van der Waals surface area contributed by atoms with Crippen LogP contribution in [0.15, 0.2) is 60.8 Å². The third kappa shape index (κ3) is 2.97. The van der Waals surface area contributed by atoms with Crippen molar-refractivity contribution in [3.05, 3.63) is 72.1 Å². The van der Waals surface area contributed by atoms with Crippen LogP contribution < -0.4 is 0 Å². The van der Waals surface area contributed by atoms with Crippen LogP contribution >= 0.6 is 0 Å². The summed E-state index contributed by atoms with van der Waals surface area (Å²) in [7, 11) is 0. The summed E-state index contributed by atoms with van der Waals surface area (Å²) in [6.45, 7) is 2.83. The van der Waals surface area contributed by atoms with Crippen molar-refractivity contribution in [2.24, 2.45) is 0 Å². The van der Waals surface area contributed by atoms with Crippen molar-refractivity contribution < 1.29 is 9.53 Å². The van der Waals surface area contributed by atoms with E-state index in [0.717, 1.165) is 23.0 Å². The second-order valence-corrected chi connectivity index (χ2v) is 5.94. The largest absolute Gasteiger partial charge is 0.461 e. The molecule has 0 aliphatic heterocycles. The molecule has 6 nitrogen and oxygen atoms in total. The van der Waals surface area contributed by atoms with Crippen LogP contribution in [0, 0.1) is 0 Å². The molecule has 0 saturated heterocycles. The van der Waals surface area contributed by atoms with Crippen LogP contribution in [-0.4, -0.2) is 32.6 Å². The summed E-state index contributed by atoms with van der Waals surface area (Å²) < 4.78 is 7.24. The maximum Gasteiger partial charge on any atom is 0.361 e. The van der Waals surface area contributed by atoms with Gasteiger partial charge in [-0.15, -0.1) is 5.10 Å². The highest BCUT2D eigenvalue weighted by molar-refractivity contribution is 5.95. The molecule has 0 amide bonds. The number of aromatic nitrogens is 4. The van der Waals surface area contributed by atoms with E-state index < -0.39 is 5.97 Å². The molecule has 0 bridgehead atoms. The van der Waals surface area contributed by atoms with Crippen molar-refractivity contribution in [2.45, 2.75) is 13.5 Å². The summed E-state index contributed by atoms with van der Waals surface area (Å²) in [5.41, 5.74) is 3.82. The first-order chi connectivity index (χ1) is 12.8. The topological polar surface area (TPSA) is 72.8 Å². The number of carbonyl (C=O) groups excluding carboxylic acids is 1. The Kier molecular flexibility index (Phi) is 4.23. The van der Waals surface area contributed by atoms with Gasteiger partial charge in [0.2, 0.25) is 0 Å². The Morgan fingerprint density at radius 1 is 1.12 bits per heavy atom. The number of nitrogens with one attached hydrogen (secondary N) is 1. The van der Waals surface area contributed by atoms with Gasteiger partial charge in [-0.2, -0.15) is 10.3 Å². The lowest BCUT2D eigenvalue weighted by Gasteiger charge is -2.07. The number of carbonyl (C=O) groups is 1. The van der Waals surface area contributed by atoms with Gasteiger partial charge in [-0.1, -0.05) is 42.5 Å². The zero-order chi connectivity index (χ0) is 17.9. The van der Waals surface area contributed by atoms with Gasteiger partial charge in [0.15, 0.2) is 5.69 Å². The summed E-state index contributed by atoms with van der Waals surface area (Å²) in [6.07, 6.45) is 2.07. The van der Waals surface area contributed by atoms with E-state index in [2.05, 4.69) is 44.4 Å². The molecule has 0 aliphatic rings. The van der Waals surface area contributed by atoms with Crippen LogP contribution in [0.1, 0.15) is 23.0 Å². The highest BCUT2D eigenvalue weighted by atomic mass is 16.5. The van der Waals surface area contributed by atoms with Gasteiger partial charge in [0.25, 0.3) is 0 Å². The monoisotopic (exact) mass is 346 g/mol. The predicted molar refractivity (Wildman–Crippen MR) is 98.8 cm³/mol. The fraction of sp³-hybridized carbons (Fsp3) is 0.150. The van der Waals surface area contributed by atoms with Crippen LogP contribution in [0.4, 0.5) is 0 Å². The number of H-pyrrole nitrogens is 1. The van der Waals surface area contributed by atoms with E-state index in [0.29, 0.717) is 12.3 Å². The van der Waals surface area contributed by atoms with Gasteiger partial charge in [0, 0.05) is 23.8 Å². The lowest BCUT2D eigenvalue weighted by Crippen LogP contribution is -2.06. The number of rotatable bonds is 5. The minimum absolute atomic E-state index is 0.201. The van der Waals surface area contributed by atoms with Gasteiger partial charge in [0.1, 0.15) is 5.69 Å². The molecule has 4 rings (SSSR count). The molecule has 0 radical (unpaired) electrons. The Labute approximate surface area is 150 Å². The van der Waals surface area contributed by atoms with Crippen molar-refractivity contribution in [1.82, 2.24) is 20.0 Å². The Bertz CT molecular complexity index is 1050. The minimum Gasteiger partial charge on any atom is -0.461 e. The maximum absolute atomic E-state index is 12.1. The Morgan fingerprint density at radius 2 is 1.96 bits per heavy atom. The van der Waals surface area contributed by atoms with Crippen LogP contribution in [0.2, 0.25) is 0 Å². The quantitative estimate of drug-likeness (QED) is 0.560. The third-order valence-electron chi connectivity index (χ3n) is 4.26. The Morgan fingerprint density at radius 3 is 2.77 bits per heavy atom. The summed E-state index contributed by atoms with van der Waals surface area (Å²) >= 11 is 0. The predicted octanol–water partition coefficient (Wildman–Crippen LogP) is 3.65. The molecule has 2 heterocycles. The molecule has 130 valence electrons. The highest BCUT2D eigenvalue weighted by Crippen LogP contribution is 2.26. The molecule has 1 N–H and O–H groups in total. The number of benzene rings is 2. The molecule has 0 unspecified atom stereocenters. The van der Waals surface area contributed by atoms with Gasteiger partial charge in [-0.05, 0) is 30.0 Å². The summed E-state index contributed by atoms with van der Waals surface area (Å²) in [5.74, 6) is -0.476. The zero-order valence-electron chi connectivity index (χ0n) is 14.3. The first-order valence-corrected chi connectivity index (χ1v) is 8.47. The molecular weight excluding hydrogens is 328 g/mol. The maximum atomic E-state index is 12.1. The third-order valence-corrected chi connectivity index (χ3v) is 4.26. The first kappa shape index (κ1) is 16.1. The van der Waals surface area contributed by atoms with Crippen molar-refractivity contribution >= 4 is 16.9 Å². The lowest BCUT2D eigenvalue weighted by molar-refractivity contribution is 0.0520. The number of ether oxygens (including phenoxy) is 1. The molecule has 4 aromatic rings. The van der Waals surface area contributed by atoms with Gasteiger partial charge >= 0.3 is 5.97 Å². The van der Waals surface area contributed by atoms with Crippen molar-refractivity contribution in [3.8, 4) is 11.3 Å². The van der Waals surface area contributed by atoms with E-state index in [1.807, 2.05) is 36.4 Å². The second-order valence-electron chi connectivity index (χ2n) is 5.94. The van der Waals surface area contributed by atoms with Crippen LogP contribution in [-0.2, 0) is 11.3 Å². The lowest BCUT2D eigenvalue weighted by atomic mass is 10.1. The van der Waals surface area contributed by atoms with Gasteiger partial charge < -0.3 is 9.30 Å². The van der Waals surface area contributed by atoms with Crippen LogP contribution in [0.25, 0.3) is 22.2 Å². The van der Waals surface area contributed by atoms with Gasteiger partial charge in [0.05, 0.1) is 6.61 Å². The number of esters is 1. The van der Waals surface area contributed by atoms with E-state index in [4.69, 9.17) is 4.74 Å². The average Bonchev–Trinajstić information content (AvgIpc) is 3.30. The van der Waals surface area contributed by atoms with E-state index in [1.54, 1.807) is 6.92 Å². The molecule has 0 spiro atoms. The van der Waals surface area contributed by atoms with E-state index in [-0.39, 0.29) is 5.69 Å². The molecule has 2 aromatic heterocycles. The average molecular weight is 346 g/mol. The number of nitrogens with zero attached hydrogens (tertiary/aromatic N) is 3. The molecular formula is C20H18N4O2. The van der Waals surface area contributed by atoms with E-state index in [1.165, 1.54) is 5.56 Å². The standard InChI is InChI=1S/C20H18N4O2/c1-2-26-20(25)19-18(21-23-22-19)16-9-8-15-10-11-24(17(15)12-16)13-14-6-4-3-5-7-14/h3-12H,2,13H2,1H3,(H,21,22,23). The fourth-order valence-electron chi connectivity index (χ4n) is 3.02. The van der Waals surface area contributed by atoms with Gasteiger partial charge in [-0.3, -0.25) is 0 Å². The normalized spacial score (nSPS) is 11.0. The summed E-state index contributed by atoms with van der Waals surface area (Å²) in [4.78, 5) is 12.1. The number of hydrogen-bond donors (Lipinski definition) is 1. The van der Waals surface area contributed by atoms with Crippen molar-refractivity contribution in [2.75, 3.05) is 6.61 Å². The van der Waals surface area contributed by atoms with Crippen molar-refractivity contribution in [3.63, 3.8) is 0 Å². The minimum atomic E-state index is -0.476. The summed E-state index contributed by atoms with van der Waals surface area (Å²) in [6, 6.07) is 18.4. The molecule has 2 aromatic carbocycles. The number of fused-ring (bicyclic) bond motifs is 1. The van der Waals surface area contributed by atoms with Gasteiger partial charge in [-0.25, -0.2) is 4.79 Å². The second kappa shape index (κ2) is 6.84. The van der Waals surface area contributed by atoms with Crippen LogP contribution in [0.3, 0.4) is 0 Å². The summed E-state index contributed by atoms with van der Waals surface area (Å²) in [5, 5.41) is 11.8.